The highest BCUT2D eigenvalue weighted by Gasteiger charge is 2.49. The molecule has 0 spiro atoms. The molecule has 1 saturated heterocycles. The van der Waals surface area contributed by atoms with E-state index >= 15 is 0 Å². The maximum atomic E-state index is 12.7. The summed E-state index contributed by atoms with van der Waals surface area (Å²) in [6, 6.07) is 8.35. The fraction of sp³-hybridized carbons (Fsp3) is 0.250. The van der Waals surface area contributed by atoms with Crippen molar-refractivity contribution in [3.8, 4) is 0 Å². The Kier molecular flexibility index (Phi) is 4.06. The lowest BCUT2D eigenvalue weighted by Gasteiger charge is -2.21. The molecule has 0 saturated carbocycles. The molecule has 2 heterocycles. The number of aryl methyl sites for hydroxylation is 1. The van der Waals surface area contributed by atoms with E-state index in [1.165, 1.54) is 11.3 Å². The number of aromatic nitrogens is 1. The van der Waals surface area contributed by atoms with Crippen LogP contribution in [0.2, 0.25) is 0 Å². The van der Waals surface area contributed by atoms with Gasteiger partial charge in [0.15, 0.2) is 5.13 Å². The van der Waals surface area contributed by atoms with Crippen LogP contribution in [0.25, 0.3) is 0 Å². The molecule has 3 rings (SSSR count). The number of hydrogen-bond donors (Lipinski definition) is 2. The zero-order chi connectivity index (χ0) is 17.3. The summed E-state index contributed by atoms with van der Waals surface area (Å²) in [7, 11) is 0. The summed E-state index contributed by atoms with van der Waals surface area (Å²) in [4.78, 5) is 42.0. The summed E-state index contributed by atoms with van der Waals surface area (Å²) in [6.45, 7) is 3.09. The van der Waals surface area contributed by atoms with Crippen LogP contribution in [-0.2, 0) is 15.1 Å². The average Bonchev–Trinajstić information content (AvgIpc) is 3.05. The van der Waals surface area contributed by atoms with Gasteiger partial charge in [0.1, 0.15) is 12.1 Å². The Morgan fingerprint density at radius 2 is 2.04 bits per heavy atom. The second-order valence-corrected chi connectivity index (χ2v) is 6.51. The molecule has 1 atom stereocenters. The summed E-state index contributed by atoms with van der Waals surface area (Å²) in [6.07, 6.45) is 0. The molecule has 7 nitrogen and oxygen atoms in total. The summed E-state index contributed by atoms with van der Waals surface area (Å²) >= 11 is 1.29. The molecular formula is C16H16N4O3S. The average molecular weight is 344 g/mol. The van der Waals surface area contributed by atoms with Crippen LogP contribution >= 0.6 is 11.3 Å². The van der Waals surface area contributed by atoms with Gasteiger partial charge in [-0.25, -0.2) is 9.78 Å². The zero-order valence-corrected chi connectivity index (χ0v) is 14.0. The van der Waals surface area contributed by atoms with Crippen LogP contribution in [0.4, 0.5) is 9.93 Å². The van der Waals surface area contributed by atoms with Crippen molar-refractivity contribution in [2.24, 2.45) is 0 Å². The molecule has 1 unspecified atom stereocenters. The standard InChI is InChI=1S/C16H16N4O3S/c1-10-9-24-14(17-10)18-12(21)8-20-13(22)16(2,19-15(20)23)11-6-4-3-5-7-11/h3-7,9H,8H2,1-2H3,(H,19,23)(H,17,18,21). The van der Waals surface area contributed by atoms with Crippen LogP contribution < -0.4 is 10.6 Å². The zero-order valence-electron chi connectivity index (χ0n) is 13.2. The molecule has 1 aromatic carbocycles. The number of carbonyl (C=O) groups is 3. The van der Waals surface area contributed by atoms with E-state index in [-0.39, 0.29) is 6.54 Å². The number of nitrogens with zero attached hydrogens (tertiary/aromatic N) is 2. The number of carbonyl (C=O) groups excluding carboxylic acids is 3. The molecule has 2 aromatic rings. The van der Waals surface area contributed by atoms with E-state index in [1.807, 2.05) is 13.0 Å². The minimum atomic E-state index is -1.17. The van der Waals surface area contributed by atoms with Gasteiger partial charge in [0.05, 0.1) is 5.69 Å². The lowest BCUT2D eigenvalue weighted by atomic mass is 9.92. The fourth-order valence-corrected chi connectivity index (χ4v) is 3.23. The van der Waals surface area contributed by atoms with Gasteiger partial charge in [-0.1, -0.05) is 30.3 Å². The Balaban J connectivity index is 1.74. The first-order valence-corrected chi connectivity index (χ1v) is 8.20. The Bertz CT molecular complexity index is 805. The van der Waals surface area contributed by atoms with Gasteiger partial charge >= 0.3 is 6.03 Å². The molecule has 8 heteroatoms. The molecule has 2 N–H and O–H groups in total. The minimum Gasteiger partial charge on any atom is -0.319 e. The van der Waals surface area contributed by atoms with Crippen molar-refractivity contribution in [2.45, 2.75) is 19.4 Å². The van der Waals surface area contributed by atoms with E-state index in [0.717, 1.165) is 10.6 Å². The van der Waals surface area contributed by atoms with Crippen LogP contribution in [0.1, 0.15) is 18.2 Å². The number of nitrogens with one attached hydrogen (secondary N) is 2. The van der Waals surface area contributed by atoms with E-state index in [4.69, 9.17) is 0 Å². The predicted molar refractivity (Wildman–Crippen MR) is 89.5 cm³/mol. The third-order valence-corrected chi connectivity index (χ3v) is 4.67. The summed E-state index contributed by atoms with van der Waals surface area (Å²) in [5, 5.41) is 7.50. The van der Waals surface area contributed by atoms with Crippen molar-refractivity contribution in [1.82, 2.24) is 15.2 Å². The van der Waals surface area contributed by atoms with Gasteiger partial charge in [-0.05, 0) is 19.4 Å². The van der Waals surface area contributed by atoms with Crippen LogP contribution in [-0.4, -0.2) is 34.3 Å². The highest BCUT2D eigenvalue weighted by Crippen LogP contribution is 2.28. The predicted octanol–water partition coefficient (Wildman–Crippen LogP) is 1.86. The molecular weight excluding hydrogens is 328 g/mol. The maximum Gasteiger partial charge on any atom is 0.325 e. The van der Waals surface area contributed by atoms with Crippen LogP contribution in [0.3, 0.4) is 0 Å². The van der Waals surface area contributed by atoms with Crippen molar-refractivity contribution < 1.29 is 14.4 Å². The molecule has 0 radical (unpaired) electrons. The lowest BCUT2D eigenvalue weighted by Crippen LogP contribution is -2.42. The second kappa shape index (κ2) is 6.04. The van der Waals surface area contributed by atoms with Crippen LogP contribution in [0.15, 0.2) is 35.7 Å². The van der Waals surface area contributed by atoms with Crippen molar-refractivity contribution in [2.75, 3.05) is 11.9 Å². The first-order chi connectivity index (χ1) is 11.4. The van der Waals surface area contributed by atoms with E-state index in [2.05, 4.69) is 15.6 Å². The van der Waals surface area contributed by atoms with Gasteiger partial charge in [-0.2, -0.15) is 0 Å². The van der Waals surface area contributed by atoms with Gasteiger partial charge in [0.2, 0.25) is 5.91 Å². The van der Waals surface area contributed by atoms with Crippen molar-refractivity contribution in [3.05, 3.63) is 47.0 Å². The molecule has 1 aliphatic rings. The highest BCUT2D eigenvalue weighted by atomic mass is 32.1. The molecule has 4 amide bonds. The van der Waals surface area contributed by atoms with Crippen LogP contribution in [0.5, 0.6) is 0 Å². The molecule has 1 aliphatic heterocycles. The molecule has 24 heavy (non-hydrogen) atoms. The summed E-state index contributed by atoms with van der Waals surface area (Å²) in [5.41, 5.74) is 0.292. The molecule has 1 aromatic heterocycles. The first-order valence-electron chi connectivity index (χ1n) is 7.32. The maximum absolute atomic E-state index is 12.7. The quantitative estimate of drug-likeness (QED) is 0.828. The number of hydrogen-bond acceptors (Lipinski definition) is 5. The largest absolute Gasteiger partial charge is 0.325 e. The van der Waals surface area contributed by atoms with Gasteiger partial charge in [0.25, 0.3) is 5.91 Å². The Labute approximate surface area is 142 Å². The third kappa shape index (κ3) is 2.88. The number of urea groups is 1. The summed E-state index contributed by atoms with van der Waals surface area (Å²) in [5.74, 6) is -0.922. The Morgan fingerprint density at radius 3 is 2.67 bits per heavy atom. The normalized spacial score (nSPS) is 20.2. The molecule has 0 bridgehead atoms. The van der Waals surface area contributed by atoms with Gasteiger partial charge < -0.3 is 10.6 Å². The SMILES string of the molecule is Cc1csc(NC(=O)CN2C(=O)NC(C)(c3ccccc3)C2=O)n1. The second-order valence-electron chi connectivity index (χ2n) is 5.65. The molecule has 0 aliphatic carbocycles. The van der Waals surface area contributed by atoms with Crippen LogP contribution in [0, 0.1) is 6.92 Å². The number of anilines is 1. The smallest absolute Gasteiger partial charge is 0.319 e. The van der Waals surface area contributed by atoms with Gasteiger partial charge in [-0.3, -0.25) is 14.5 Å². The number of imide groups is 1. The number of benzene rings is 1. The number of amides is 4. The van der Waals surface area contributed by atoms with Crippen molar-refractivity contribution >= 4 is 34.3 Å². The molecule has 124 valence electrons. The Hall–Kier alpha value is -2.74. The van der Waals surface area contributed by atoms with E-state index in [9.17, 15) is 14.4 Å². The van der Waals surface area contributed by atoms with Gasteiger partial charge in [0, 0.05) is 5.38 Å². The Morgan fingerprint density at radius 1 is 1.33 bits per heavy atom. The third-order valence-electron chi connectivity index (χ3n) is 3.79. The lowest BCUT2D eigenvalue weighted by molar-refractivity contribution is -0.133. The van der Waals surface area contributed by atoms with E-state index in [0.29, 0.717) is 10.7 Å². The molecule has 1 fully saturated rings. The van der Waals surface area contributed by atoms with E-state index in [1.54, 1.807) is 36.6 Å². The highest BCUT2D eigenvalue weighted by molar-refractivity contribution is 7.13. The van der Waals surface area contributed by atoms with Gasteiger partial charge in [-0.15, -0.1) is 11.3 Å². The number of thiazole rings is 1. The topological polar surface area (TPSA) is 91.4 Å². The van der Waals surface area contributed by atoms with E-state index < -0.39 is 23.4 Å². The first kappa shape index (κ1) is 16.1. The fourth-order valence-electron chi connectivity index (χ4n) is 2.52. The van der Waals surface area contributed by atoms with Crippen molar-refractivity contribution in [1.29, 1.82) is 0 Å². The monoisotopic (exact) mass is 344 g/mol. The summed E-state index contributed by atoms with van der Waals surface area (Å²) < 4.78 is 0. The minimum absolute atomic E-state index is 0.355. The number of rotatable bonds is 4. The van der Waals surface area contributed by atoms with Crippen molar-refractivity contribution in [3.63, 3.8) is 0 Å².